The van der Waals surface area contributed by atoms with Crippen molar-refractivity contribution in [1.82, 2.24) is 0 Å². The summed E-state index contributed by atoms with van der Waals surface area (Å²) in [4.78, 5) is 25.3. The fraction of sp³-hybridized carbons (Fsp3) is 0.308. The first-order valence-electron chi connectivity index (χ1n) is 10.9. The van der Waals surface area contributed by atoms with E-state index in [1.165, 1.54) is 6.08 Å². The van der Waals surface area contributed by atoms with Crippen LogP contribution in [0.15, 0.2) is 52.2 Å². The molecule has 7 heteroatoms. The summed E-state index contributed by atoms with van der Waals surface area (Å²) in [5.74, 6) is 1.74. The number of hydrogen-bond donors (Lipinski definition) is 0. The lowest BCUT2D eigenvalue weighted by atomic mass is 10.0. The molecule has 0 atom stereocenters. The standard InChI is InChI=1S/C26H26O7/c1-4-9-31-24(27)15-32-21-14-22-19(12-17(21)5-2)26(28)25(16(3)33-22)18-7-8-20-23(13-18)30-11-6-10-29-20/h4,7-8,12-14H,1,5-6,9-11,15H2,2-3H3. The van der Waals surface area contributed by atoms with Gasteiger partial charge >= 0.3 is 5.97 Å². The first-order valence-corrected chi connectivity index (χ1v) is 10.9. The topological polar surface area (TPSA) is 84.2 Å². The van der Waals surface area contributed by atoms with Gasteiger partial charge in [0.2, 0.25) is 5.43 Å². The van der Waals surface area contributed by atoms with Gasteiger partial charge in [-0.15, -0.1) is 0 Å². The van der Waals surface area contributed by atoms with Crippen molar-refractivity contribution in [3.05, 3.63) is 64.5 Å². The van der Waals surface area contributed by atoms with Crippen LogP contribution in [-0.2, 0) is 16.0 Å². The average Bonchev–Trinajstić information content (AvgIpc) is 3.06. The minimum atomic E-state index is -0.501. The maximum atomic E-state index is 13.5. The van der Waals surface area contributed by atoms with Crippen molar-refractivity contribution < 1.29 is 28.2 Å². The SMILES string of the molecule is C=CCOC(=O)COc1cc2oc(C)c(-c3ccc4c(c3)OCCCO4)c(=O)c2cc1CC. The Morgan fingerprint density at radius 3 is 2.70 bits per heavy atom. The zero-order valence-corrected chi connectivity index (χ0v) is 18.8. The van der Waals surface area contributed by atoms with Crippen LogP contribution in [0.25, 0.3) is 22.1 Å². The molecule has 0 spiro atoms. The van der Waals surface area contributed by atoms with E-state index in [9.17, 15) is 9.59 Å². The number of benzene rings is 2. The van der Waals surface area contributed by atoms with Crippen LogP contribution < -0.4 is 19.6 Å². The molecule has 2 aromatic carbocycles. The molecule has 3 aromatic rings. The molecule has 33 heavy (non-hydrogen) atoms. The molecule has 1 aliphatic rings. The maximum absolute atomic E-state index is 13.5. The Morgan fingerprint density at radius 1 is 1.15 bits per heavy atom. The molecule has 172 valence electrons. The second kappa shape index (κ2) is 9.81. The zero-order valence-electron chi connectivity index (χ0n) is 18.8. The van der Waals surface area contributed by atoms with Crippen molar-refractivity contribution >= 4 is 16.9 Å². The van der Waals surface area contributed by atoms with E-state index in [1.54, 1.807) is 19.1 Å². The zero-order chi connectivity index (χ0) is 23.4. The third-order valence-corrected chi connectivity index (χ3v) is 5.37. The quantitative estimate of drug-likeness (QED) is 0.384. The summed E-state index contributed by atoms with van der Waals surface area (Å²) in [7, 11) is 0. The van der Waals surface area contributed by atoms with Gasteiger partial charge in [0, 0.05) is 12.5 Å². The molecule has 0 saturated carbocycles. The Kier molecular flexibility index (Phi) is 6.68. The molecule has 0 amide bonds. The van der Waals surface area contributed by atoms with E-state index in [-0.39, 0.29) is 18.6 Å². The normalized spacial score (nSPS) is 12.8. The molecule has 0 radical (unpaired) electrons. The Labute approximate surface area is 191 Å². The van der Waals surface area contributed by atoms with E-state index in [0.29, 0.717) is 64.7 Å². The Balaban J connectivity index is 1.72. The first kappa shape index (κ1) is 22.5. The highest BCUT2D eigenvalue weighted by molar-refractivity contribution is 5.85. The van der Waals surface area contributed by atoms with Gasteiger partial charge in [-0.2, -0.15) is 0 Å². The lowest BCUT2D eigenvalue weighted by Crippen LogP contribution is -2.16. The minimum absolute atomic E-state index is 0.122. The van der Waals surface area contributed by atoms with Crippen LogP contribution in [-0.4, -0.2) is 32.4 Å². The van der Waals surface area contributed by atoms with Gasteiger partial charge in [-0.1, -0.05) is 25.6 Å². The van der Waals surface area contributed by atoms with Crippen LogP contribution in [0.1, 0.15) is 24.7 Å². The highest BCUT2D eigenvalue weighted by Gasteiger charge is 2.19. The number of esters is 1. The largest absolute Gasteiger partial charge is 0.490 e. The number of ether oxygens (including phenoxy) is 4. The van der Waals surface area contributed by atoms with Gasteiger partial charge in [0.25, 0.3) is 0 Å². The van der Waals surface area contributed by atoms with Crippen LogP contribution in [0.4, 0.5) is 0 Å². The van der Waals surface area contributed by atoms with Crippen LogP contribution in [0.2, 0.25) is 0 Å². The summed E-state index contributed by atoms with van der Waals surface area (Å²) in [5, 5.41) is 0.446. The average molecular weight is 450 g/mol. The van der Waals surface area contributed by atoms with Gasteiger partial charge in [0.15, 0.2) is 18.1 Å². The summed E-state index contributed by atoms with van der Waals surface area (Å²) in [6.45, 7) is 8.24. The van der Waals surface area contributed by atoms with Gasteiger partial charge in [0.05, 0.1) is 24.2 Å². The van der Waals surface area contributed by atoms with Crippen LogP contribution in [0.5, 0.6) is 17.2 Å². The van der Waals surface area contributed by atoms with Crippen molar-refractivity contribution in [3.8, 4) is 28.4 Å². The summed E-state index contributed by atoms with van der Waals surface area (Å²) >= 11 is 0. The molecule has 2 heterocycles. The predicted octanol–water partition coefficient (Wildman–Crippen LogP) is 4.60. The molecule has 4 rings (SSSR count). The molecule has 0 N–H and O–H groups in total. The Bertz CT molecular complexity index is 1260. The monoisotopic (exact) mass is 450 g/mol. The number of aryl methyl sites for hydroxylation is 2. The van der Waals surface area contributed by atoms with Crippen molar-refractivity contribution in [1.29, 1.82) is 0 Å². The molecule has 0 saturated heterocycles. The van der Waals surface area contributed by atoms with Crippen molar-refractivity contribution in [2.24, 2.45) is 0 Å². The first-order chi connectivity index (χ1) is 16.0. The van der Waals surface area contributed by atoms with Crippen LogP contribution >= 0.6 is 0 Å². The number of rotatable bonds is 7. The Hall–Kier alpha value is -3.74. The van der Waals surface area contributed by atoms with Crippen molar-refractivity contribution in [2.75, 3.05) is 26.4 Å². The second-order valence-corrected chi connectivity index (χ2v) is 7.64. The number of carbonyl (C=O) groups is 1. The van der Waals surface area contributed by atoms with Gasteiger partial charge < -0.3 is 23.4 Å². The molecular formula is C26H26O7. The Morgan fingerprint density at radius 2 is 1.94 bits per heavy atom. The molecule has 0 fully saturated rings. The van der Waals surface area contributed by atoms with E-state index in [2.05, 4.69) is 6.58 Å². The van der Waals surface area contributed by atoms with Gasteiger partial charge in [-0.3, -0.25) is 4.79 Å². The van der Waals surface area contributed by atoms with Crippen molar-refractivity contribution in [3.63, 3.8) is 0 Å². The van der Waals surface area contributed by atoms with E-state index < -0.39 is 5.97 Å². The van der Waals surface area contributed by atoms with Crippen molar-refractivity contribution in [2.45, 2.75) is 26.7 Å². The number of fused-ring (bicyclic) bond motifs is 2. The molecular weight excluding hydrogens is 424 g/mol. The number of hydrogen-bond acceptors (Lipinski definition) is 7. The van der Waals surface area contributed by atoms with Gasteiger partial charge in [0.1, 0.15) is 23.7 Å². The van der Waals surface area contributed by atoms with Gasteiger partial charge in [-0.05, 0) is 42.7 Å². The highest BCUT2D eigenvalue weighted by atomic mass is 16.6. The molecule has 0 unspecified atom stereocenters. The smallest absolute Gasteiger partial charge is 0.344 e. The third-order valence-electron chi connectivity index (χ3n) is 5.37. The molecule has 0 aliphatic carbocycles. The fourth-order valence-corrected chi connectivity index (χ4v) is 3.77. The van der Waals surface area contributed by atoms with Crippen LogP contribution in [0, 0.1) is 6.92 Å². The predicted molar refractivity (Wildman–Crippen MR) is 124 cm³/mol. The lowest BCUT2D eigenvalue weighted by Gasteiger charge is -2.14. The van der Waals surface area contributed by atoms with E-state index >= 15 is 0 Å². The molecule has 1 aromatic heterocycles. The lowest BCUT2D eigenvalue weighted by molar-refractivity contribution is -0.144. The third kappa shape index (κ3) is 4.72. The summed E-state index contributed by atoms with van der Waals surface area (Å²) < 4.78 is 28.1. The molecule has 0 bridgehead atoms. The summed E-state index contributed by atoms with van der Waals surface area (Å²) in [6, 6.07) is 8.89. The minimum Gasteiger partial charge on any atom is -0.490 e. The summed E-state index contributed by atoms with van der Waals surface area (Å²) in [6.07, 6.45) is 2.90. The number of carbonyl (C=O) groups excluding carboxylic acids is 1. The van der Waals surface area contributed by atoms with E-state index in [4.69, 9.17) is 23.4 Å². The van der Waals surface area contributed by atoms with E-state index in [0.717, 1.165) is 12.0 Å². The second-order valence-electron chi connectivity index (χ2n) is 7.64. The van der Waals surface area contributed by atoms with E-state index in [1.807, 2.05) is 25.1 Å². The highest BCUT2D eigenvalue weighted by Crippen LogP contribution is 2.35. The summed E-state index contributed by atoms with van der Waals surface area (Å²) in [5.41, 5.74) is 2.22. The fourth-order valence-electron chi connectivity index (χ4n) is 3.77. The molecule has 7 nitrogen and oxygen atoms in total. The molecule has 1 aliphatic heterocycles. The maximum Gasteiger partial charge on any atom is 0.344 e. The van der Waals surface area contributed by atoms with Gasteiger partial charge in [-0.25, -0.2) is 4.79 Å². The van der Waals surface area contributed by atoms with Crippen LogP contribution in [0.3, 0.4) is 0 Å².